The third kappa shape index (κ3) is 7.56. The van der Waals surface area contributed by atoms with Crippen LogP contribution in [0.1, 0.15) is 84.3 Å². The van der Waals surface area contributed by atoms with Gasteiger partial charge < -0.3 is 9.64 Å². The van der Waals surface area contributed by atoms with Crippen molar-refractivity contribution < 1.29 is 14.3 Å². The largest absolute Gasteiger partial charge is 0.464 e. The molecule has 0 aliphatic rings. The van der Waals surface area contributed by atoms with Crippen LogP contribution in [-0.4, -0.2) is 35.4 Å². The van der Waals surface area contributed by atoms with Crippen molar-refractivity contribution in [1.29, 1.82) is 0 Å². The van der Waals surface area contributed by atoms with Crippen molar-refractivity contribution in [3.05, 3.63) is 51.5 Å². The molecule has 164 valence electrons. The number of esters is 1. The molecule has 0 fully saturated rings. The lowest BCUT2D eigenvalue weighted by molar-refractivity contribution is 0.0594. The Balaban J connectivity index is 2.06. The number of carbonyl (C=O) groups excluding carboxylic acids is 2. The number of unbranched alkanes of at least 4 members (excludes halogenated alkanes) is 3. The van der Waals surface area contributed by atoms with E-state index in [9.17, 15) is 9.59 Å². The van der Waals surface area contributed by atoms with E-state index in [1.54, 1.807) is 5.38 Å². The lowest BCUT2D eigenvalue weighted by Gasteiger charge is -2.23. The molecule has 0 aliphatic carbocycles. The molecular formula is C24H34N2O3S. The van der Waals surface area contributed by atoms with Gasteiger partial charge in [-0.05, 0) is 42.9 Å². The van der Waals surface area contributed by atoms with Crippen LogP contribution >= 0.6 is 11.3 Å². The number of rotatable bonds is 12. The molecule has 0 unspecified atom stereocenters. The predicted molar refractivity (Wildman–Crippen MR) is 122 cm³/mol. The van der Waals surface area contributed by atoms with Gasteiger partial charge in [0.05, 0.1) is 13.7 Å². The Morgan fingerprint density at radius 1 is 1.13 bits per heavy atom. The summed E-state index contributed by atoms with van der Waals surface area (Å²) in [6.07, 6.45) is 6.92. The van der Waals surface area contributed by atoms with Crippen LogP contribution in [0.5, 0.6) is 0 Å². The zero-order valence-corrected chi connectivity index (χ0v) is 19.5. The predicted octanol–water partition coefficient (Wildman–Crippen LogP) is 5.74. The molecule has 0 spiro atoms. The Morgan fingerprint density at radius 2 is 1.87 bits per heavy atom. The van der Waals surface area contributed by atoms with Crippen LogP contribution in [0.15, 0.2) is 29.6 Å². The summed E-state index contributed by atoms with van der Waals surface area (Å²) in [6.45, 7) is 7.56. The quantitative estimate of drug-likeness (QED) is 0.318. The maximum atomic E-state index is 13.2. The first kappa shape index (κ1) is 24.1. The fourth-order valence-corrected chi connectivity index (χ4v) is 3.94. The van der Waals surface area contributed by atoms with Crippen molar-refractivity contribution in [3.63, 3.8) is 0 Å². The van der Waals surface area contributed by atoms with Crippen molar-refractivity contribution in [2.75, 3.05) is 13.7 Å². The van der Waals surface area contributed by atoms with Gasteiger partial charge in [-0.15, -0.1) is 11.3 Å². The van der Waals surface area contributed by atoms with Gasteiger partial charge in [-0.1, -0.05) is 52.2 Å². The molecule has 2 aromatic rings. The number of hydrogen-bond acceptors (Lipinski definition) is 5. The molecule has 6 heteroatoms. The lowest BCUT2D eigenvalue weighted by Crippen LogP contribution is -2.32. The molecule has 5 nitrogen and oxygen atoms in total. The highest BCUT2D eigenvalue weighted by atomic mass is 32.1. The fraction of sp³-hybridized carbons (Fsp3) is 0.542. The van der Waals surface area contributed by atoms with Crippen LogP contribution in [0.2, 0.25) is 0 Å². The smallest absolute Gasteiger partial charge is 0.357 e. The maximum absolute atomic E-state index is 13.2. The summed E-state index contributed by atoms with van der Waals surface area (Å²) in [5.74, 6) is 0.0443. The molecule has 30 heavy (non-hydrogen) atoms. The van der Waals surface area contributed by atoms with Crippen molar-refractivity contribution >= 4 is 23.2 Å². The Bertz CT molecular complexity index is 799. The van der Waals surface area contributed by atoms with Crippen LogP contribution in [-0.2, 0) is 17.7 Å². The Labute approximate surface area is 184 Å². The molecule has 0 atom stereocenters. The monoisotopic (exact) mass is 430 g/mol. The second-order valence-corrected chi connectivity index (χ2v) is 8.98. The first-order valence-corrected chi connectivity index (χ1v) is 11.7. The highest BCUT2D eigenvalue weighted by molar-refractivity contribution is 7.09. The fourth-order valence-electron chi connectivity index (χ4n) is 3.16. The molecule has 2 rings (SSSR count). The van der Waals surface area contributed by atoms with Gasteiger partial charge >= 0.3 is 5.97 Å². The molecule has 0 saturated heterocycles. The van der Waals surface area contributed by atoms with Crippen LogP contribution in [0, 0.1) is 5.92 Å². The van der Waals surface area contributed by atoms with Crippen molar-refractivity contribution in [2.24, 2.45) is 5.92 Å². The van der Waals surface area contributed by atoms with Gasteiger partial charge in [-0.25, -0.2) is 9.78 Å². The average Bonchev–Trinajstić information content (AvgIpc) is 3.22. The van der Waals surface area contributed by atoms with E-state index in [1.807, 2.05) is 17.0 Å². The van der Waals surface area contributed by atoms with E-state index in [-0.39, 0.29) is 5.91 Å². The van der Waals surface area contributed by atoms with Gasteiger partial charge in [0.1, 0.15) is 5.01 Å². The van der Waals surface area contributed by atoms with Crippen molar-refractivity contribution in [2.45, 2.75) is 65.8 Å². The SMILES string of the molecule is CCCCCCc1ccc(C(=O)N(CCC(C)C)Cc2nc(C(=O)OC)cs2)cc1. The topological polar surface area (TPSA) is 59.5 Å². The number of amides is 1. The molecule has 0 saturated carbocycles. The van der Waals surface area contributed by atoms with Gasteiger partial charge in [0, 0.05) is 17.5 Å². The molecule has 0 radical (unpaired) electrons. The first-order chi connectivity index (χ1) is 14.4. The van der Waals surface area contributed by atoms with Crippen molar-refractivity contribution in [1.82, 2.24) is 9.88 Å². The summed E-state index contributed by atoms with van der Waals surface area (Å²) in [4.78, 5) is 31.0. The first-order valence-electron chi connectivity index (χ1n) is 10.9. The standard InChI is InChI=1S/C24H34N2O3S/c1-5-6-7-8-9-19-10-12-20(13-11-19)23(27)26(15-14-18(2)3)16-22-25-21(17-30-22)24(28)29-4/h10-13,17-18H,5-9,14-16H2,1-4H3. The van der Waals surface area contributed by atoms with E-state index in [2.05, 4.69) is 37.9 Å². The molecule has 1 amide bonds. The van der Waals surface area contributed by atoms with E-state index >= 15 is 0 Å². The number of nitrogens with zero attached hydrogens (tertiary/aromatic N) is 2. The minimum atomic E-state index is -0.452. The Morgan fingerprint density at radius 3 is 2.50 bits per heavy atom. The third-order valence-corrected chi connectivity index (χ3v) is 5.89. The number of thiazole rings is 1. The molecule has 1 aromatic carbocycles. The van der Waals surface area contributed by atoms with E-state index in [4.69, 9.17) is 4.74 Å². The van der Waals surface area contributed by atoms with Crippen LogP contribution < -0.4 is 0 Å². The summed E-state index contributed by atoms with van der Waals surface area (Å²) in [7, 11) is 1.34. The van der Waals surface area contributed by atoms with Gasteiger partial charge in [0.15, 0.2) is 5.69 Å². The van der Waals surface area contributed by atoms with E-state index in [1.165, 1.54) is 49.7 Å². The zero-order chi connectivity index (χ0) is 21.9. The van der Waals surface area contributed by atoms with Gasteiger partial charge in [-0.3, -0.25) is 4.79 Å². The van der Waals surface area contributed by atoms with Crippen LogP contribution in [0.4, 0.5) is 0 Å². The second kappa shape index (κ2) is 12.5. The van der Waals surface area contributed by atoms with E-state index in [0.29, 0.717) is 30.3 Å². The van der Waals surface area contributed by atoms with Crippen LogP contribution in [0.25, 0.3) is 0 Å². The molecule has 0 N–H and O–H groups in total. The minimum Gasteiger partial charge on any atom is -0.464 e. The minimum absolute atomic E-state index is 0.00278. The number of aromatic nitrogens is 1. The normalized spacial score (nSPS) is 11.0. The highest BCUT2D eigenvalue weighted by Crippen LogP contribution is 2.18. The summed E-state index contributed by atoms with van der Waals surface area (Å²) >= 11 is 1.38. The number of methoxy groups -OCH3 is 1. The van der Waals surface area contributed by atoms with Gasteiger partial charge in [0.2, 0.25) is 0 Å². The van der Waals surface area contributed by atoms with E-state index in [0.717, 1.165) is 17.8 Å². The van der Waals surface area contributed by atoms with Crippen LogP contribution in [0.3, 0.4) is 0 Å². The zero-order valence-electron chi connectivity index (χ0n) is 18.6. The highest BCUT2D eigenvalue weighted by Gasteiger charge is 2.19. The summed E-state index contributed by atoms with van der Waals surface area (Å²) in [5, 5.41) is 2.42. The number of ether oxygens (including phenoxy) is 1. The average molecular weight is 431 g/mol. The molecule has 0 bridgehead atoms. The summed E-state index contributed by atoms with van der Waals surface area (Å²) < 4.78 is 4.73. The van der Waals surface area contributed by atoms with Gasteiger partial charge in [0.25, 0.3) is 5.91 Å². The molecule has 1 aromatic heterocycles. The van der Waals surface area contributed by atoms with Gasteiger partial charge in [-0.2, -0.15) is 0 Å². The lowest BCUT2D eigenvalue weighted by atomic mass is 10.0. The van der Waals surface area contributed by atoms with E-state index < -0.39 is 5.97 Å². The molecule has 1 heterocycles. The number of benzene rings is 1. The van der Waals surface area contributed by atoms with Crippen molar-refractivity contribution in [3.8, 4) is 0 Å². The number of hydrogen-bond donors (Lipinski definition) is 0. The third-order valence-electron chi connectivity index (χ3n) is 5.06. The second-order valence-electron chi connectivity index (χ2n) is 8.03. The summed E-state index contributed by atoms with van der Waals surface area (Å²) in [6, 6.07) is 8.00. The Kier molecular flexibility index (Phi) is 10.0. The molecule has 0 aliphatic heterocycles. The molecular weight excluding hydrogens is 396 g/mol. The summed E-state index contributed by atoms with van der Waals surface area (Å²) in [5.41, 5.74) is 2.26. The number of aryl methyl sites for hydroxylation is 1. The Hall–Kier alpha value is -2.21. The maximum Gasteiger partial charge on any atom is 0.357 e. The number of carbonyl (C=O) groups is 2.